The van der Waals surface area contributed by atoms with E-state index in [4.69, 9.17) is 4.74 Å². The number of esters is 1. The van der Waals surface area contributed by atoms with Gasteiger partial charge in [0.2, 0.25) is 0 Å². The maximum Gasteiger partial charge on any atom is 0.337 e. The van der Waals surface area contributed by atoms with Crippen LogP contribution in [0.25, 0.3) is 0 Å². The molecule has 2 aromatic carbocycles. The third kappa shape index (κ3) is 4.41. The molecule has 0 aliphatic heterocycles. The van der Waals surface area contributed by atoms with Crippen LogP contribution in [0.1, 0.15) is 26.3 Å². The van der Waals surface area contributed by atoms with Crippen LogP contribution in [-0.2, 0) is 4.74 Å². The molecule has 2 aromatic rings. The molecule has 0 aromatic heterocycles. The van der Waals surface area contributed by atoms with E-state index in [2.05, 4.69) is 15.3 Å². The molecule has 0 unspecified atom stereocenters. The second kappa shape index (κ2) is 7.74. The summed E-state index contributed by atoms with van der Waals surface area (Å²) >= 11 is 0. The number of amides is 1. The Morgan fingerprint density at radius 1 is 0.957 bits per heavy atom. The van der Waals surface area contributed by atoms with Crippen LogP contribution >= 0.6 is 0 Å². The quantitative estimate of drug-likeness (QED) is 0.522. The third-order valence-corrected chi connectivity index (χ3v) is 3.06. The predicted molar refractivity (Wildman–Crippen MR) is 85.8 cm³/mol. The smallest absolute Gasteiger partial charge is 0.337 e. The maximum atomic E-state index is 11.9. The van der Waals surface area contributed by atoms with Crippen molar-refractivity contribution in [2.75, 3.05) is 14.2 Å². The highest BCUT2D eigenvalue weighted by Crippen LogP contribution is 2.11. The SMILES string of the molecule is COC(=O)c1ccc(C=NNC(=O)c2ccc(OC)cc2)cc1. The van der Waals surface area contributed by atoms with Crippen LogP contribution in [0.3, 0.4) is 0 Å². The van der Waals surface area contributed by atoms with Crippen LogP contribution < -0.4 is 10.2 Å². The van der Waals surface area contributed by atoms with Crippen molar-refractivity contribution in [2.45, 2.75) is 0 Å². The average molecular weight is 312 g/mol. The zero-order valence-corrected chi connectivity index (χ0v) is 12.8. The van der Waals surface area contributed by atoms with Crippen molar-refractivity contribution < 1.29 is 19.1 Å². The largest absolute Gasteiger partial charge is 0.497 e. The Balaban J connectivity index is 1.95. The summed E-state index contributed by atoms with van der Waals surface area (Å²) in [5, 5.41) is 3.88. The highest BCUT2D eigenvalue weighted by atomic mass is 16.5. The van der Waals surface area contributed by atoms with Gasteiger partial charge < -0.3 is 9.47 Å². The number of hydrazone groups is 1. The van der Waals surface area contributed by atoms with Crippen molar-refractivity contribution in [3.05, 3.63) is 65.2 Å². The van der Waals surface area contributed by atoms with Crippen LogP contribution in [0.5, 0.6) is 5.75 Å². The summed E-state index contributed by atoms with van der Waals surface area (Å²) < 4.78 is 9.64. The van der Waals surface area contributed by atoms with Crippen LogP contribution in [0, 0.1) is 0 Å². The molecule has 0 fully saturated rings. The molecule has 6 heteroatoms. The summed E-state index contributed by atoms with van der Waals surface area (Å²) in [5.41, 5.74) is 4.10. The number of carbonyl (C=O) groups is 2. The molecule has 0 heterocycles. The molecule has 6 nitrogen and oxygen atoms in total. The lowest BCUT2D eigenvalue weighted by Crippen LogP contribution is -2.17. The van der Waals surface area contributed by atoms with Crippen molar-refractivity contribution in [1.82, 2.24) is 5.43 Å². The van der Waals surface area contributed by atoms with E-state index >= 15 is 0 Å². The van der Waals surface area contributed by atoms with Crippen LogP contribution in [0.15, 0.2) is 53.6 Å². The van der Waals surface area contributed by atoms with Gasteiger partial charge >= 0.3 is 5.97 Å². The van der Waals surface area contributed by atoms with Gasteiger partial charge in [-0.3, -0.25) is 4.79 Å². The lowest BCUT2D eigenvalue weighted by Gasteiger charge is -2.02. The zero-order valence-electron chi connectivity index (χ0n) is 12.8. The van der Waals surface area contributed by atoms with Gasteiger partial charge in [0, 0.05) is 5.56 Å². The first-order valence-electron chi connectivity index (χ1n) is 6.80. The van der Waals surface area contributed by atoms with Crippen LogP contribution in [0.4, 0.5) is 0 Å². The van der Waals surface area contributed by atoms with Crippen molar-refractivity contribution in [2.24, 2.45) is 5.10 Å². The minimum Gasteiger partial charge on any atom is -0.497 e. The molecule has 0 atom stereocenters. The van der Waals surface area contributed by atoms with E-state index in [1.54, 1.807) is 55.6 Å². The first-order chi connectivity index (χ1) is 11.1. The Morgan fingerprint density at radius 3 is 2.13 bits per heavy atom. The summed E-state index contributed by atoms with van der Waals surface area (Å²) in [5.74, 6) is -0.0490. The molecule has 1 amide bonds. The van der Waals surface area contributed by atoms with E-state index in [0.717, 1.165) is 5.56 Å². The average Bonchev–Trinajstić information content (AvgIpc) is 2.61. The maximum absolute atomic E-state index is 11.9. The second-order valence-corrected chi connectivity index (χ2v) is 4.54. The van der Waals surface area contributed by atoms with E-state index in [1.165, 1.54) is 13.3 Å². The van der Waals surface area contributed by atoms with E-state index in [9.17, 15) is 9.59 Å². The molecule has 0 saturated carbocycles. The summed E-state index contributed by atoms with van der Waals surface area (Å²) in [6.07, 6.45) is 1.49. The fourth-order valence-corrected chi connectivity index (χ4v) is 1.80. The van der Waals surface area contributed by atoms with Gasteiger partial charge in [0.05, 0.1) is 26.0 Å². The molecule has 0 aliphatic carbocycles. The number of benzene rings is 2. The normalized spacial score (nSPS) is 10.3. The topological polar surface area (TPSA) is 77.0 Å². The van der Waals surface area contributed by atoms with Gasteiger partial charge in [0.15, 0.2) is 0 Å². The summed E-state index contributed by atoms with van der Waals surface area (Å²) in [6.45, 7) is 0. The minimum absolute atomic E-state index is 0.324. The summed E-state index contributed by atoms with van der Waals surface area (Å²) in [4.78, 5) is 23.2. The third-order valence-electron chi connectivity index (χ3n) is 3.06. The minimum atomic E-state index is -0.402. The standard InChI is InChI=1S/C17H16N2O4/c1-22-15-9-7-13(8-10-15)16(20)19-18-11-12-3-5-14(6-4-12)17(21)23-2/h3-11H,1-2H3,(H,19,20). The molecular weight excluding hydrogens is 296 g/mol. The van der Waals surface area contributed by atoms with E-state index in [1.807, 2.05) is 0 Å². The van der Waals surface area contributed by atoms with Crippen molar-refractivity contribution in [1.29, 1.82) is 0 Å². The Morgan fingerprint density at radius 2 is 1.57 bits per heavy atom. The molecule has 23 heavy (non-hydrogen) atoms. The molecule has 0 radical (unpaired) electrons. The summed E-state index contributed by atoms with van der Waals surface area (Å²) in [7, 11) is 2.89. The Bertz CT molecular complexity index is 706. The Labute approximate surface area is 133 Å². The molecule has 0 spiro atoms. The lowest BCUT2D eigenvalue weighted by atomic mass is 10.1. The molecule has 0 bridgehead atoms. The highest BCUT2D eigenvalue weighted by Gasteiger charge is 2.05. The number of methoxy groups -OCH3 is 2. The Hall–Kier alpha value is -3.15. The first-order valence-corrected chi connectivity index (χ1v) is 6.80. The number of carbonyl (C=O) groups excluding carboxylic acids is 2. The van der Waals surface area contributed by atoms with Gasteiger partial charge in [0.25, 0.3) is 5.91 Å². The van der Waals surface area contributed by atoms with Gasteiger partial charge in [-0.25, -0.2) is 10.2 Å². The van der Waals surface area contributed by atoms with E-state index in [-0.39, 0.29) is 5.91 Å². The Kier molecular flexibility index (Phi) is 5.46. The molecule has 118 valence electrons. The van der Waals surface area contributed by atoms with Crippen molar-refractivity contribution >= 4 is 18.1 Å². The van der Waals surface area contributed by atoms with Gasteiger partial charge in [-0.15, -0.1) is 0 Å². The number of hydrogen-bond acceptors (Lipinski definition) is 5. The van der Waals surface area contributed by atoms with Gasteiger partial charge in [-0.1, -0.05) is 12.1 Å². The fraction of sp³-hybridized carbons (Fsp3) is 0.118. The molecule has 0 saturated heterocycles. The number of rotatable bonds is 5. The fourth-order valence-electron chi connectivity index (χ4n) is 1.80. The predicted octanol–water partition coefficient (Wildman–Crippen LogP) is 2.25. The second-order valence-electron chi connectivity index (χ2n) is 4.54. The van der Waals surface area contributed by atoms with Gasteiger partial charge in [-0.05, 0) is 42.0 Å². The summed E-state index contributed by atoms with van der Waals surface area (Å²) in [6, 6.07) is 13.3. The van der Waals surface area contributed by atoms with Crippen molar-refractivity contribution in [3.63, 3.8) is 0 Å². The molecular formula is C17H16N2O4. The number of nitrogens with zero attached hydrogens (tertiary/aromatic N) is 1. The van der Waals surface area contributed by atoms with Gasteiger partial charge in [0.1, 0.15) is 5.75 Å². The van der Waals surface area contributed by atoms with Gasteiger partial charge in [-0.2, -0.15) is 5.10 Å². The monoisotopic (exact) mass is 312 g/mol. The van der Waals surface area contributed by atoms with E-state index < -0.39 is 5.97 Å². The van der Waals surface area contributed by atoms with Crippen molar-refractivity contribution in [3.8, 4) is 5.75 Å². The number of nitrogens with one attached hydrogen (secondary N) is 1. The molecule has 2 rings (SSSR count). The number of hydrogen-bond donors (Lipinski definition) is 1. The van der Waals surface area contributed by atoms with Crippen LogP contribution in [0.2, 0.25) is 0 Å². The first kappa shape index (κ1) is 16.2. The lowest BCUT2D eigenvalue weighted by molar-refractivity contribution is 0.0600. The van der Waals surface area contributed by atoms with Crippen LogP contribution in [-0.4, -0.2) is 32.3 Å². The highest BCUT2D eigenvalue weighted by molar-refractivity contribution is 5.95. The zero-order chi connectivity index (χ0) is 16.7. The molecule has 1 N–H and O–H groups in total. The number of ether oxygens (including phenoxy) is 2. The molecule has 0 aliphatic rings. The van der Waals surface area contributed by atoms with E-state index in [0.29, 0.717) is 16.9 Å².